The number of rotatable bonds is 3. The number of para-hydroxylation sites is 1. The molecule has 0 radical (unpaired) electrons. The zero-order chi connectivity index (χ0) is 19.1. The Morgan fingerprint density at radius 2 is 1.65 bits per heavy atom. The maximum Gasteiger partial charge on any atom is 0.340 e. The van der Waals surface area contributed by atoms with Gasteiger partial charge in [0, 0.05) is 11.6 Å². The zero-order valence-electron chi connectivity index (χ0n) is 15.2. The molecule has 0 amide bonds. The van der Waals surface area contributed by atoms with Crippen LogP contribution < -0.4 is 0 Å². The summed E-state index contributed by atoms with van der Waals surface area (Å²) in [4.78, 5) is 12.2. The highest BCUT2D eigenvalue weighted by Gasteiger charge is 2.23. The highest BCUT2D eigenvalue weighted by Crippen LogP contribution is 2.28. The lowest BCUT2D eigenvalue weighted by Gasteiger charge is -2.19. The summed E-state index contributed by atoms with van der Waals surface area (Å²) in [6, 6.07) is 13.5. The van der Waals surface area contributed by atoms with Gasteiger partial charge >= 0.3 is 5.97 Å². The molecule has 0 spiro atoms. The number of carbonyl (C=O) groups is 1. The van der Waals surface area contributed by atoms with Crippen LogP contribution in [-0.2, 0) is 20.2 Å². The van der Waals surface area contributed by atoms with Crippen molar-refractivity contribution in [2.45, 2.75) is 31.1 Å². The van der Waals surface area contributed by atoms with Gasteiger partial charge in [-0.2, -0.15) is 0 Å². The molecule has 0 atom stereocenters. The average Bonchev–Trinajstić information content (AvgIpc) is 3.05. The Morgan fingerprint density at radius 3 is 2.23 bits per heavy atom. The molecular weight excluding hydrogens is 350 g/mol. The van der Waals surface area contributed by atoms with Gasteiger partial charge in [-0.3, -0.25) is 0 Å². The topological polar surface area (TPSA) is 65.4 Å². The fraction of sp³-hybridized carbons (Fsp3) is 0.250. The van der Waals surface area contributed by atoms with Gasteiger partial charge in [0.2, 0.25) is 0 Å². The number of carbonyl (C=O) groups excluding carboxylic acids is 1. The molecule has 0 unspecified atom stereocenters. The summed E-state index contributed by atoms with van der Waals surface area (Å²) in [5.74, 6) is -0.575. The molecule has 26 heavy (non-hydrogen) atoms. The minimum atomic E-state index is -3.84. The predicted molar refractivity (Wildman–Crippen MR) is 101 cm³/mol. The summed E-state index contributed by atoms with van der Waals surface area (Å²) in [7, 11) is -2.57. The van der Waals surface area contributed by atoms with Gasteiger partial charge in [0.15, 0.2) is 0 Å². The third-order valence-electron chi connectivity index (χ3n) is 4.36. The second-order valence-electron chi connectivity index (χ2n) is 7.13. The summed E-state index contributed by atoms with van der Waals surface area (Å²) in [5, 5.41) is 0.655. The third kappa shape index (κ3) is 3.01. The molecule has 5 nitrogen and oxygen atoms in total. The molecule has 6 heteroatoms. The van der Waals surface area contributed by atoms with E-state index in [-0.39, 0.29) is 15.9 Å². The lowest BCUT2D eigenvalue weighted by atomic mass is 9.87. The summed E-state index contributed by atoms with van der Waals surface area (Å²) >= 11 is 0. The van der Waals surface area contributed by atoms with Crippen molar-refractivity contribution in [1.82, 2.24) is 3.97 Å². The molecule has 3 rings (SSSR count). The van der Waals surface area contributed by atoms with E-state index in [4.69, 9.17) is 4.74 Å². The quantitative estimate of drug-likeness (QED) is 0.654. The van der Waals surface area contributed by atoms with Gasteiger partial charge < -0.3 is 4.74 Å². The molecule has 0 bridgehead atoms. The van der Waals surface area contributed by atoms with Gasteiger partial charge in [-0.05, 0) is 35.2 Å². The van der Waals surface area contributed by atoms with Gasteiger partial charge in [-0.15, -0.1) is 0 Å². The van der Waals surface area contributed by atoms with Gasteiger partial charge in [0.1, 0.15) is 0 Å². The van der Waals surface area contributed by atoms with Crippen LogP contribution in [0.3, 0.4) is 0 Å². The summed E-state index contributed by atoms with van der Waals surface area (Å²) in [5.41, 5.74) is 1.51. The molecule has 136 valence electrons. The van der Waals surface area contributed by atoms with Crippen molar-refractivity contribution in [3.63, 3.8) is 0 Å². The van der Waals surface area contributed by atoms with Crippen LogP contribution in [0.1, 0.15) is 36.7 Å². The SMILES string of the molecule is COC(=O)c1cccc2ccn(S(=O)(=O)c3ccc(C(C)(C)C)cc3)c12. The molecule has 1 heterocycles. The van der Waals surface area contributed by atoms with Gasteiger partial charge in [0.05, 0.1) is 23.1 Å². The van der Waals surface area contributed by atoms with Crippen LogP contribution in [0.25, 0.3) is 10.9 Å². The van der Waals surface area contributed by atoms with Gasteiger partial charge in [-0.1, -0.05) is 45.0 Å². The Hall–Kier alpha value is -2.60. The number of aromatic nitrogens is 1. The summed E-state index contributed by atoms with van der Waals surface area (Å²) in [6.45, 7) is 6.20. The number of hydrogen-bond acceptors (Lipinski definition) is 4. The van der Waals surface area contributed by atoms with E-state index >= 15 is 0 Å². The standard InChI is InChI=1S/C20H21NO4S/c1-20(2,3)15-8-10-16(11-9-15)26(23,24)21-13-12-14-6-5-7-17(18(14)21)19(22)25-4/h5-13H,1-4H3. The van der Waals surface area contributed by atoms with Crippen LogP contribution in [0.5, 0.6) is 0 Å². The second kappa shape index (κ2) is 6.29. The maximum atomic E-state index is 13.1. The van der Waals surface area contributed by atoms with Crippen molar-refractivity contribution in [2.24, 2.45) is 0 Å². The fourth-order valence-corrected chi connectivity index (χ4v) is 4.25. The first kappa shape index (κ1) is 18.2. The van der Waals surface area contributed by atoms with E-state index < -0.39 is 16.0 Å². The predicted octanol–water partition coefficient (Wildman–Crippen LogP) is 3.96. The first-order valence-corrected chi connectivity index (χ1v) is 9.65. The van der Waals surface area contributed by atoms with Crippen LogP contribution >= 0.6 is 0 Å². The molecule has 0 aliphatic heterocycles. The number of benzene rings is 2. The smallest absolute Gasteiger partial charge is 0.340 e. The molecule has 1 aromatic heterocycles. The zero-order valence-corrected chi connectivity index (χ0v) is 16.0. The number of methoxy groups -OCH3 is 1. The van der Waals surface area contributed by atoms with E-state index in [1.807, 2.05) is 12.1 Å². The van der Waals surface area contributed by atoms with Crippen molar-refractivity contribution in [3.05, 3.63) is 65.9 Å². The van der Waals surface area contributed by atoms with Crippen molar-refractivity contribution in [2.75, 3.05) is 7.11 Å². The normalized spacial score (nSPS) is 12.3. The summed E-state index contributed by atoms with van der Waals surface area (Å²) < 4.78 is 32.2. The second-order valence-corrected chi connectivity index (χ2v) is 8.94. The Labute approximate surface area is 153 Å². The molecule has 3 aromatic rings. The number of hydrogen-bond donors (Lipinski definition) is 0. The van der Waals surface area contributed by atoms with E-state index in [1.165, 1.54) is 13.3 Å². The number of fused-ring (bicyclic) bond motifs is 1. The Morgan fingerprint density at radius 1 is 1.00 bits per heavy atom. The van der Waals surface area contributed by atoms with E-state index in [0.29, 0.717) is 10.9 Å². The Balaban J connectivity index is 2.18. The van der Waals surface area contributed by atoms with Crippen molar-refractivity contribution in [1.29, 1.82) is 0 Å². The Kier molecular flexibility index (Phi) is 4.40. The van der Waals surface area contributed by atoms with Crippen LogP contribution in [0.2, 0.25) is 0 Å². The molecule has 2 aromatic carbocycles. The van der Waals surface area contributed by atoms with Crippen LogP contribution in [0, 0.1) is 0 Å². The highest BCUT2D eigenvalue weighted by atomic mass is 32.2. The Bertz CT molecular complexity index is 1070. The van der Waals surface area contributed by atoms with E-state index in [0.717, 1.165) is 9.54 Å². The minimum Gasteiger partial charge on any atom is -0.465 e. The molecule has 0 saturated heterocycles. The minimum absolute atomic E-state index is 0.0690. The van der Waals surface area contributed by atoms with Crippen LogP contribution in [0.4, 0.5) is 0 Å². The van der Waals surface area contributed by atoms with Crippen LogP contribution in [0.15, 0.2) is 59.6 Å². The van der Waals surface area contributed by atoms with Crippen LogP contribution in [-0.4, -0.2) is 25.5 Å². The van der Waals surface area contributed by atoms with E-state index in [9.17, 15) is 13.2 Å². The lowest BCUT2D eigenvalue weighted by molar-refractivity contribution is 0.0602. The molecule has 0 saturated carbocycles. The van der Waals surface area contributed by atoms with Crippen molar-refractivity contribution in [3.8, 4) is 0 Å². The van der Waals surface area contributed by atoms with Gasteiger partial charge in [0.25, 0.3) is 10.0 Å². The fourth-order valence-electron chi connectivity index (χ4n) is 2.88. The lowest BCUT2D eigenvalue weighted by Crippen LogP contribution is -2.15. The average molecular weight is 371 g/mol. The van der Waals surface area contributed by atoms with Crippen molar-refractivity contribution >= 4 is 26.9 Å². The monoisotopic (exact) mass is 371 g/mol. The molecule has 0 fully saturated rings. The largest absolute Gasteiger partial charge is 0.465 e. The van der Waals surface area contributed by atoms with Gasteiger partial charge in [-0.25, -0.2) is 17.2 Å². The molecule has 0 aliphatic rings. The first-order chi connectivity index (χ1) is 12.2. The van der Waals surface area contributed by atoms with Crippen molar-refractivity contribution < 1.29 is 17.9 Å². The third-order valence-corrected chi connectivity index (χ3v) is 6.05. The maximum absolute atomic E-state index is 13.1. The molecule has 0 aliphatic carbocycles. The highest BCUT2D eigenvalue weighted by molar-refractivity contribution is 7.90. The van der Waals surface area contributed by atoms with E-state index in [2.05, 4.69) is 20.8 Å². The number of nitrogens with zero attached hydrogens (tertiary/aromatic N) is 1. The first-order valence-electron chi connectivity index (χ1n) is 8.21. The molecular formula is C20H21NO4S. The van der Waals surface area contributed by atoms with E-state index in [1.54, 1.807) is 36.4 Å². The number of ether oxygens (including phenoxy) is 1. The molecule has 0 N–H and O–H groups in total. The summed E-state index contributed by atoms with van der Waals surface area (Å²) in [6.07, 6.45) is 1.46. The number of esters is 1.